The monoisotopic (exact) mass is 623 g/mol. The number of hydrogen-bond donors (Lipinski definition) is 0. The number of pyridine rings is 3. The summed E-state index contributed by atoms with van der Waals surface area (Å²) in [5.74, 6) is -0.585. The summed E-state index contributed by atoms with van der Waals surface area (Å²) in [7, 11) is 0. The van der Waals surface area contributed by atoms with E-state index in [-0.39, 0.29) is 33.7 Å². The highest BCUT2D eigenvalue weighted by atomic mass is 19.1. The molecule has 0 aliphatic heterocycles. The molecule has 240 valence electrons. The second-order valence-corrected chi connectivity index (χ2v) is 14.7. The summed E-state index contributed by atoms with van der Waals surface area (Å²) in [6, 6.07) is 24.6. The minimum atomic E-state index is -0.215. The fraction of sp³-hybridized carbons (Fsp3) is 0.325. The Morgan fingerprint density at radius 3 is 1.52 bits per heavy atom. The van der Waals surface area contributed by atoms with Crippen molar-refractivity contribution in [3.8, 4) is 0 Å². The molecule has 0 N–H and O–H groups in total. The molecule has 0 unspecified atom stereocenters. The molecule has 0 atom stereocenters. The van der Waals surface area contributed by atoms with Crippen LogP contribution in [0.2, 0.25) is 0 Å². The summed E-state index contributed by atoms with van der Waals surface area (Å²) in [5.41, 5.74) is 6.00. The summed E-state index contributed by atoms with van der Waals surface area (Å²) >= 11 is 0. The van der Waals surface area contributed by atoms with E-state index in [0.717, 1.165) is 39.0 Å². The number of aryl methyl sites for hydroxylation is 1. The van der Waals surface area contributed by atoms with E-state index in [1.54, 1.807) is 31.2 Å². The van der Waals surface area contributed by atoms with Gasteiger partial charge < -0.3 is 0 Å². The summed E-state index contributed by atoms with van der Waals surface area (Å²) in [6.45, 7) is 20.7. The Labute approximate surface area is 271 Å². The van der Waals surface area contributed by atoms with Crippen LogP contribution in [-0.2, 0) is 16.2 Å². The van der Waals surface area contributed by atoms with Gasteiger partial charge in [-0.1, -0.05) is 80.5 Å². The predicted molar refractivity (Wildman–Crippen MR) is 186 cm³/mol. The highest BCUT2D eigenvalue weighted by Gasteiger charge is 2.18. The van der Waals surface area contributed by atoms with E-state index in [1.165, 1.54) is 18.2 Å². The Bertz CT molecular complexity index is 2000. The maximum Gasteiger partial charge on any atom is 0.135 e. The summed E-state index contributed by atoms with van der Waals surface area (Å²) < 4.78 is 40.1. The summed E-state index contributed by atoms with van der Waals surface area (Å²) in [6.07, 6.45) is 0. The lowest BCUT2D eigenvalue weighted by Gasteiger charge is -2.18. The molecule has 3 aromatic carbocycles. The third-order valence-corrected chi connectivity index (χ3v) is 7.63. The van der Waals surface area contributed by atoms with Gasteiger partial charge in [0.05, 0.1) is 16.6 Å². The molecule has 0 spiro atoms. The fourth-order valence-corrected chi connectivity index (χ4v) is 4.74. The van der Waals surface area contributed by atoms with E-state index < -0.39 is 0 Å². The first-order valence-electron chi connectivity index (χ1n) is 15.5. The van der Waals surface area contributed by atoms with Crippen molar-refractivity contribution in [1.29, 1.82) is 0 Å². The van der Waals surface area contributed by atoms with Gasteiger partial charge in [0.1, 0.15) is 17.5 Å². The molecule has 0 saturated carbocycles. The summed E-state index contributed by atoms with van der Waals surface area (Å²) in [5, 5.41) is 2.04. The van der Waals surface area contributed by atoms with Crippen LogP contribution in [0.25, 0.3) is 32.7 Å². The molecule has 46 heavy (non-hydrogen) atoms. The zero-order valence-corrected chi connectivity index (χ0v) is 28.6. The predicted octanol–water partition coefficient (Wildman–Crippen LogP) is 11.3. The Balaban J connectivity index is 0.000000157. The highest BCUT2D eigenvalue weighted by Crippen LogP contribution is 2.26. The average molecular weight is 624 g/mol. The van der Waals surface area contributed by atoms with Crippen LogP contribution in [0.5, 0.6) is 0 Å². The molecule has 0 bridgehead atoms. The van der Waals surface area contributed by atoms with Crippen molar-refractivity contribution in [3.05, 3.63) is 125 Å². The van der Waals surface area contributed by atoms with E-state index in [4.69, 9.17) is 0 Å². The lowest BCUT2D eigenvalue weighted by molar-refractivity contribution is 0.570. The molecule has 0 aliphatic carbocycles. The van der Waals surface area contributed by atoms with Crippen LogP contribution >= 0.6 is 0 Å². The number of halogens is 3. The van der Waals surface area contributed by atoms with Gasteiger partial charge in [0.25, 0.3) is 0 Å². The third-order valence-electron chi connectivity index (χ3n) is 7.63. The minimum absolute atomic E-state index is 0.000504. The molecular formula is C40H44F3N3. The quantitative estimate of drug-likeness (QED) is 0.169. The molecule has 6 aromatic rings. The van der Waals surface area contributed by atoms with Gasteiger partial charge in [-0.2, -0.15) is 0 Å². The number of fused-ring (bicyclic) bond motifs is 3. The van der Waals surface area contributed by atoms with Gasteiger partial charge >= 0.3 is 0 Å². The molecule has 3 nitrogen and oxygen atoms in total. The van der Waals surface area contributed by atoms with Crippen LogP contribution < -0.4 is 0 Å². The summed E-state index contributed by atoms with van der Waals surface area (Å²) in [4.78, 5) is 13.5. The Morgan fingerprint density at radius 2 is 0.957 bits per heavy atom. The molecule has 3 aromatic heterocycles. The Morgan fingerprint density at radius 1 is 0.478 bits per heavy atom. The zero-order chi connectivity index (χ0) is 34.0. The standard InChI is InChI=1S/C14H16FN.2C13H14FN/c1-9-5-7-11-10(13(9)15)6-8-12(16-11)14(2,3)4;1-13(2,3)12-7-4-9-8-10(14)5-6-11(9)15-12;1-13(2,3)12-8-7-9-10(14)5-4-6-11(9)15-12/h5-8H,1-4H3;2*4-8H,1-3H3. The topological polar surface area (TPSA) is 38.7 Å². The van der Waals surface area contributed by atoms with E-state index >= 15 is 0 Å². The van der Waals surface area contributed by atoms with Crippen molar-refractivity contribution < 1.29 is 13.2 Å². The largest absolute Gasteiger partial charge is 0.252 e. The van der Waals surface area contributed by atoms with E-state index in [0.29, 0.717) is 16.3 Å². The number of rotatable bonds is 0. The smallest absolute Gasteiger partial charge is 0.135 e. The van der Waals surface area contributed by atoms with Crippen LogP contribution in [0, 0.1) is 24.4 Å². The van der Waals surface area contributed by atoms with Gasteiger partial charge in [0, 0.05) is 49.5 Å². The molecule has 3 heterocycles. The van der Waals surface area contributed by atoms with Crippen molar-refractivity contribution >= 4 is 32.7 Å². The van der Waals surface area contributed by atoms with Gasteiger partial charge in [-0.15, -0.1) is 0 Å². The molecule has 0 aliphatic rings. The third kappa shape index (κ3) is 8.28. The van der Waals surface area contributed by atoms with Crippen molar-refractivity contribution in [2.45, 2.75) is 85.5 Å². The van der Waals surface area contributed by atoms with Gasteiger partial charge in [0.2, 0.25) is 0 Å². The maximum atomic E-state index is 13.8. The number of hydrogen-bond acceptors (Lipinski definition) is 3. The molecule has 6 rings (SSSR count). The molecule has 6 heteroatoms. The van der Waals surface area contributed by atoms with Crippen LogP contribution in [0.1, 0.15) is 85.0 Å². The Kier molecular flexibility index (Phi) is 9.91. The van der Waals surface area contributed by atoms with Gasteiger partial charge in [-0.25, -0.2) is 13.2 Å². The first-order chi connectivity index (χ1) is 21.3. The molecule has 0 saturated heterocycles. The first-order valence-corrected chi connectivity index (χ1v) is 15.5. The van der Waals surface area contributed by atoms with Crippen LogP contribution in [-0.4, -0.2) is 15.0 Å². The second kappa shape index (κ2) is 13.2. The average Bonchev–Trinajstić information content (AvgIpc) is 2.98. The maximum absolute atomic E-state index is 13.8. The minimum Gasteiger partial charge on any atom is -0.252 e. The van der Waals surface area contributed by atoms with Crippen LogP contribution in [0.4, 0.5) is 13.2 Å². The van der Waals surface area contributed by atoms with Crippen molar-refractivity contribution in [3.63, 3.8) is 0 Å². The number of nitrogens with zero attached hydrogens (tertiary/aromatic N) is 3. The lowest BCUT2D eigenvalue weighted by atomic mass is 9.91. The van der Waals surface area contributed by atoms with Gasteiger partial charge in [-0.05, 0) is 79.2 Å². The normalized spacial score (nSPS) is 12.0. The first kappa shape index (κ1) is 34.6. The number of benzene rings is 3. The van der Waals surface area contributed by atoms with Crippen LogP contribution in [0.3, 0.4) is 0 Å². The van der Waals surface area contributed by atoms with Crippen molar-refractivity contribution in [1.82, 2.24) is 15.0 Å². The van der Waals surface area contributed by atoms with Crippen molar-refractivity contribution in [2.24, 2.45) is 0 Å². The molecular weight excluding hydrogens is 579 g/mol. The van der Waals surface area contributed by atoms with Crippen molar-refractivity contribution in [2.75, 3.05) is 0 Å². The van der Waals surface area contributed by atoms with Gasteiger partial charge in [0.15, 0.2) is 0 Å². The van der Waals surface area contributed by atoms with Gasteiger partial charge in [-0.3, -0.25) is 15.0 Å². The van der Waals surface area contributed by atoms with Crippen LogP contribution in [0.15, 0.2) is 84.9 Å². The highest BCUT2D eigenvalue weighted by molar-refractivity contribution is 5.81. The van der Waals surface area contributed by atoms with E-state index in [2.05, 4.69) is 77.3 Å². The SMILES string of the molecule is CC(C)(C)c1ccc2c(F)cccc2n1.CC(C)(C)c1ccc2cc(F)ccc2n1.Cc1ccc2nc(C(C)(C)C)ccc2c1F. The second-order valence-electron chi connectivity index (χ2n) is 14.7. The van der Waals surface area contributed by atoms with E-state index in [1.807, 2.05) is 42.5 Å². The van der Waals surface area contributed by atoms with E-state index in [9.17, 15) is 13.2 Å². The molecule has 0 fully saturated rings. The molecule has 0 radical (unpaired) electrons. The fourth-order valence-electron chi connectivity index (χ4n) is 4.74. The number of aromatic nitrogens is 3. The molecule has 0 amide bonds. The lowest BCUT2D eigenvalue weighted by Crippen LogP contribution is -2.13. The Hall–Kier alpha value is -4.32. The zero-order valence-electron chi connectivity index (χ0n) is 28.6.